The first-order valence-electron chi connectivity index (χ1n) is 6.21. The highest BCUT2D eigenvalue weighted by Gasteiger charge is 2.18. The fourth-order valence-corrected chi connectivity index (χ4v) is 2.75. The summed E-state index contributed by atoms with van der Waals surface area (Å²) in [4.78, 5) is 13.3. The molecule has 1 aliphatic heterocycles. The predicted molar refractivity (Wildman–Crippen MR) is 72.1 cm³/mol. The number of carbonyl (C=O) groups is 1. The molecule has 1 aromatic carbocycles. The topological polar surface area (TPSA) is 20.3 Å². The van der Waals surface area contributed by atoms with Crippen LogP contribution in [-0.2, 0) is 0 Å². The van der Waals surface area contributed by atoms with Crippen LogP contribution < -0.4 is 4.90 Å². The number of carbonyl (C=O) groups excluding carboxylic acids is 1. The summed E-state index contributed by atoms with van der Waals surface area (Å²) in [6.45, 7) is 4.28. The summed E-state index contributed by atoms with van der Waals surface area (Å²) in [6.07, 6.45) is 4.50. The summed E-state index contributed by atoms with van der Waals surface area (Å²) < 4.78 is 0. The minimum absolute atomic E-state index is 0.684. The Labute approximate surface area is 108 Å². The zero-order valence-electron chi connectivity index (χ0n) is 10.2. The number of nitrogens with zero attached hydrogens (tertiary/aromatic N) is 1. The summed E-state index contributed by atoms with van der Waals surface area (Å²) in [5.41, 5.74) is 1.62. The molecule has 0 spiro atoms. The van der Waals surface area contributed by atoms with Crippen LogP contribution in [-0.4, -0.2) is 19.4 Å². The highest BCUT2D eigenvalue weighted by Crippen LogP contribution is 2.31. The first-order valence-corrected chi connectivity index (χ1v) is 6.59. The SMILES string of the molecule is CC1CCCN(c2c(Cl)cccc2C=O)CC1. The first kappa shape index (κ1) is 12.4. The fourth-order valence-electron chi connectivity index (χ4n) is 2.45. The molecule has 1 aromatic rings. The molecule has 1 aliphatic rings. The molecule has 1 atom stereocenters. The molecule has 1 saturated heterocycles. The van der Waals surface area contributed by atoms with Crippen molar-refractivity contribution < 1.29 is 4.79 Å². The quantitative estimate of drug-likeness (QED) is 0.746. The zero-order valence-corrected chi connectivity index (χ0v) is 10.9. The largest absolute Gasteiger partial charge is 0.370 e. The number of para-hydroxylation sites is 1. The fraction of sp³-hybridized carbons (Fsp3) is 0.500. The lowest BCUT2D eigenvalue weighted by Crippen LogP contribution is -2.25. The van der Waals surface area contributed by atoms with Gasteiger partial charge in [0.15, 0.2) is 6.29 Å². The van der Waals surface area contributed by atoms with Crippen LogP contribution in [0.3, 0.4) is 0 Å². The van der Waals surface area contributed by atoms with Crippen LogP contribution in [0.4, 0.5) is 5.69 Å². The number of benzene rings is 1. The van der Waals surface area contributed by atoms with E-state index in [1.807, 2.05) is 18.2 Å². The molecule has 0 aliphatic carbocycles. The smallest absolute Gasteiger partial charge is 0.152 e. The molecule has 92 valence electrons. The van der Waals surface area contributed by atoms with E-state index in [-0.39, 0.29) is 0 Å². The second kappa shape index (κ2) is 5.54. The Kier molecular flexibility index (Phi) is 4.06. The van der Waals surface area contributed by atoms with Crippen molar-refractivity contribution in [3.8, 4) is 0 Å². The molecule has 17 heavy (non-hydrogen) atoms. The number of halogens is 1. The lowest BCUT2D eigenvalue weighted by Gasteiger charge is -2.25. The Morgan fingerprint density at radius 2 is 2.18 bits per heavy atom. The number of hydrogen-bond donors (Lipinski definition) is 0. The van der Waals surface area contributed by atoms with Gasteiger partial charge in [0.1, 0.15) is 0 Å². The molecule has 0 amide bonds. The molecular weight excluding hydrogens is 234 g/mol. The van der Waals surface area contributed by atoms with Crippen molar-refractivity contribution >= 4 is 23.6 Å². The van der Waals surface area contributed by atoms with Gasteiger partial charge in [0.2, 0.25) is 0 Å². The zero-order chi connectivity index (χ0) is 12.3. The van der Waals surface area contributed by atoms with E-state index in [0.717, 1.165) is 31.0 Å². The first-order chi connectivity index (χ1) is 8.22. The van der Waals surface area contributed by atoms with Crippen LogP contribution in [0.2, 0.25) is 5.02 Å². The van der Waals surface area contributed by atoms with E-state index in [4.69, 9.17) is 11.6 Å². The normalized spacial score (nSPS) is 21.1. The monoisotopic (exact) mass is 251 g/mol. The molecule has 1 unspecified atom stereocenters. The third kappa shape index (κ3) is 2.81. The maximum absolute atomic E-state index is 11.1. The molecule has 3 heteroatoms. The number of anilines is 1. The molecule has 0 aromatic heterocycles. The van der Waals surface area contributed by atoms with Gasteiger partial charge in [0.25, 0.3) is 0 Å². The van der Waals surface area contributed by atoms with Crippen LogP contribution >= 0.6 is 11.6 Å². The van der Waals surface area contributed by atoms with Crippen molar-refractivity contribution in [1.82, 2.24) is 0 Å². The summed E-state index contributed by atoms with van der Waals surface area (Å²) in [5.74, 6) is 0.766. The molecule has 2 rings (SSSR count). The standard InChI is InChI=1S/C14H18ClNO/c1-11-4-3-8-16(9-7-11)14-12(10-17)5-2-6-13(14)15/h2,5-6,10-11H,3-4,7-9H2,1H3. The van der Waals surface area contributed by atoms with Crippen LogP contribution in [0, 0.1) is 5.92 Å². The molecule has 0 bridgehead atoms. The van der Waals surface area contributed by atoms with E-state index < -0.39 is 0 Å². The van der Waals surface area contributed by atoms with Crippen LogP contribution in [0.25, 0.3) is 0 Å². The van der Waals surface area contributed by atoms with Crippen LogP contribution in [0.1, 0.15) is 36.5 Å². The average Bonchev–Trinajstić information content (AvgIpc) is 2.54. The summed E-state index contributed by atoms with van der Waals surface area (Å²) in [5, 5.41) is 0.684. The number of aldehydes is 1. The van der Waals surface area contributed by atoms with Gasteiger partial charge in [-0.15, -0.1) is 0 Å². The summed E-state index contributed by atoms with van der Waals surface area (Å²) in [6, 6.07) is 5.52. The van der Waals surface area contributed by atoms with Gasteiger partial charge in [0, 0.05) is 18.7 Å². The van der Waals surface area contributed by atoms with Gasteiger partial charge in [-0.2, -0.15) is 0 Å². The van der Waals surface area contributed by atoms with Gasteiger partial charge >= 0.3 is 0 Å². The molecule has 0 radical (unpaired) electrons. The van der Waals surface area contributed by atoms with E-state index >= 15 is 0 Å². The Balaban J connectivity index is 2.29. The minimum Gasteiger partial charge on any atom is -0.370 e. The van der Waals surface area contributed by atoms with Gasteiger partial charge in [-0.3, -0.25) is 4.79 Å². The molecular formula is C14H18ClNO. The van der Waals surface area contributed by atoms with Crippen molar-refractivity contribution in [2.45, 2.75) is 26.2 Å². The number of rotatable bonds is 2. The Morgan fingerprint density at radius 3 is 2.94 bits per heavy atom. The van der Waals surface area contributed by atoms with Gasteiger partial charge in [-0.05, 0) is 37.3 Å². The van der Waals surface area contributed by atoms with Gasteiger partial charge in [-0.1, -0.05) is 24.6 Å². The Hall–Kier alpha value is -1.02. The molecule has 1 heterocycles. The third-order valence-electron chi connectivity index (χ3n) is 3.48. The third-order valence-corrected chi connectivity index (χ3v) is 3.78. The highest BCUT2D eigenvalue weighted by atomic mass is 35.5. The van der Waals surface area contributed by atoms with Crippen LogP contribution in [0.15, 0.2) is 18.2 Å². The Bertz CT molecular complexity index is 405. The van der Waals surface area contributed by atoms with Gasteiger partial charge in [0.05, 0.1) is 10.7 Å². The predicted octanol–water partition coefficient (Wildman–Crippen LogP) is 3.78. The van der Waals surface area contributed by atoms with Gasteiger partial charge < -0.3 is 4.90 Å². The lowest BCUT2D eigenvalue weighted by molar-refractivity contribution is 0.112. The summed E-state index contributed by atoms with van der Waals surface area (Å²) >= 11 is 6.23. The molecule has 2 nitrogen and oxygen atoms in total. The van der Waals surface area contributed by atoms with Gasteiger partial charge in [-0.25, -0.2) is 0 Å². The van der Waals surface area contributed by atoms with Crippen LogP contribution in [0.5, 0.6) is 0 Å². The van der Waals surface area contributed by atoms with Crippen molar-refractivity contribution in [2.75, 3.05) is 18.0 Å². The molecule has 1 fully saturated rings. The average molecular weight is 252 g/mol. The maximum atomic E-state index is 11.1. The second-order valence-electron chi connectivity index (χ2n) is 4.82. The minimum atomic E-state index is 0.684. The van der Waals surface area contributed by atoms with Crippen molar-refractivity contribution in [3.63, 3.8) is 0 Å². The van der Waals surface area contributed by atoms with E-state index in [1.54, 1.807) is 0 Å². The van der Waals surface area contributed by atoms with E-state index in [0.29, 0.717) is 10.6 Å². The Morgan fingerprint density at radius 1 is 1.35 bits per heavy atom. The lowest BCUT2D eigenvalue weighted by atomic mass is 10.0. The van der Waals surface area contributed by atoms with E-state index in [9.17, 15) is 4.79 Å². The summed E-state index contributed by atoms with van der Waals surface area (Å²) in [7, 11) is 0. The highest BCUT2D eigenvalue weighted by molar-refractivity contribution is 6.33. The van der Waals surface area contributed by atoms with Crippen molar-refractivity contribution in [1.29, 1.82) is 0 Å². The van der Waals surface area contributed by atoms with Crippen molar-refractivity contribution in [2.24, 2.45) is 5.92 Å². The van der Waals surface area contributed by atoms with E-state index in [1.165, 1.54) is 19.3 Å². The molecule has 0 saturated carbocycles. The van der Waals surface area contributed by atoms with Crippen molar-refractivity contribution in [3.05, 3.63) is 28.8 Å². The maximum Gasteiger partial charge on any atom is 0.152 e. The number of hydrogen-bond acceptors (Lipinski definition) is 2. The molecule has 0 N–H and O–H groups in total. The van der Waals surface area contributed by atoms with E-state index in [2.05, 4.69) is 11.8 Å². The second-order valence-corrected chi connectivity index (χ2v) is 5.23.